The minimum atomic E-state index is -3.32. The third kappa shape index (κ3) is 3.92. The van der Waals surface area contributed by atoms with Gasteiger partial charge in [-0.25, -0.2) is 8.42 Å². The molecule has 0 N–H and O–H groups in total. The van der Waals surface area contributed by atoms with Crippen molar-refractivity contribution in [3.05, 3.63) is 59.2 Å². The maximum Gasteiger partial charge on any atom is 0.253 e. The highest BCUT2D eigenvalue weighted by Gasteiger charge is 2.24. The van der Waals surface area contributed by atoms with Gasteiger partial charge in [-0.1, -0.05) is 12.1 Å². The van der Waals surface area contributed by atoms with Gasteiger partial charge in [-0.3, -0.25) is 4.79 Å². The highest BCUT2D eigenvalue weighted by Crippen LogP contribution is 2.24. The van der Waals surface area contributed by atoms with Gasteiger partial charge >= 0.3 is 0 Å². The first kappa shape index (κ1) is 20.4. The van der Waals surface area contributed by atoms with Crippen LogP contribution in [-0.2, 0) is 9.84 Å². The summed E-state index contributed by atoms with van der Waals surface area (Å²) in [5.41, 5.74) is 4.31. The summed E-state index contributed by atoms with van der Waals surface area (Å²) in [7, 11) is -3.32. The molecule has 2 aromatic rings. The zero-order valence-electron chi connectivity index (χ0n) is 17.0. The Balaban J connectivity index is 1.68. The fraction of sp³-hybridized carbons (Fsp3) is 0.409. The molecule has 1 fully saturated rings. The molecule has 0 aromatic heterocycles. The molecule has 2 aromatic carbocycles. The summed E-state index contributed by atoms with van der Waals surface area (Å²) in [6.45, 7) is 10.4. The molecule has 0 saturated carbocycles. The third-order valence-electron chi connectivity index (χ3n) is 5.53. The van der Waals surface area contributed by atoms with Crippen molar-refractivity contribution >= 4 is 21.4 Å². The number of sulfone groups is 1. The topological polar surface area (TPSA) is 57.7 Å². The lowest BCUT2D eigenvalue weighted by atomic mass is 10.1. The number of hydrogen-bond donors (Lipinski definition) is 0. The smallest absolute Gasteiger partial charge is 0.253 e. The monoisotopic (exact) mass is 400 g/mol. The summed E-state index contributed by atoms with van der Waals surface area (Å²) in [6.07, 6.45) is 0. The van der Waals surface area contributed by atoms with E-state index < -0.39 is 15.1 Å². The standard InChI is InChI=1S/C22H28N2O3S/c1-16(2)28(26,27)20-10-8-19(9-11-20)22(25)24-14-12-23(13-15-24)21-7-5-6-17(3)18(21)4/h5-11,16H,12-15H2,1-4H3. The average molecular weight is 401 g/mol. The minimum Gasteiger partial charge on any atom is -0.368 e. The molecule has 1 aliphatic rings. The summed E-state index contributed by atoms with van der Waals surface area (Å²) >= 11 is 0. The van der Waals surface area contributed by atoms with Gasteiger partial charge < -0.3 is 9.80 Å². The summed E-state index contributed by atoms with van der Waals surface area (Å²) < 4.78 is 24.5. The van der Waals surface area contributed by atoms with Crippen molar-refractivity contribution < 1.29 is 13.2 Å². The first-order valence-corrected chi connectivity index (χ1v) is 11.2. The van der Waals surface area contributed by atoms with Crippen LogP contribution in [0.1, 0.15) is 35.3 Å². The van der Waals surface area contributed by atoms with Crippen LogP contribution >= 0.6 is 0 Å². The summed E-state index contributed by atoms with van der Waals surface area (Å²) in [4.78, 5) is 17.2. The molecule has 0 atom stereocenters. The molecule has 5 nitrogen and oxygen atoms in total. The van der Waals surface area contributed by atoms with E-state index >= 15 is 0 Å². The van der Waals surface area contributed by atoms with Gasteiger partial charge in [0.2, 0.25) is 0 Å². The van der Waals surface area contributed by atoms with Gasteiger partial charge in [0.25, 0.3) is 5.91 Å². The number of carbonyl (C=O) groups is 1. The predicted molar refractivity (Wildman–Crippen MR) is 113 cm³/mol. The first-order valence-electron chi connectivity index (χ1n) is 9.66. The molecular formula is C22H28N2O3S. The second-order valence-electron chi connectivity index (χ2n) is 7.62. The normalized spacial score (nSPS) is 15.2. The van der Waals surface area contributed by atoms with Crippen LogP contribution in [-0.4, -0.2) is 50.7 Å². The van der Waals surface area contributed by atoms with Crippen molar-refractivity contribution in [2.75, 3.05) is 31.1 Å². The Morgan fingerprint density at radius 3 is 2.11 bits per heavy atom. The number of rotatable bonds is 4. The Morgan fingerprint density at radius 2 is 1.54 bits per heavy atom. The van der Waals surface area contributed by atoms with E-state index in [9.17, 15) is 13.2 Å². The number of carbonyl (C=O) groups excluding carboxylic acids is 1. The zero-order valence-corrected chi connectivity index (χ0v) is 17.8. The molecule has 1 saturated heterocycles. The summed E-state index contributed by atoms with van der Waals surface area (Å²) in [6, 6.07) is 12.6. The Morgan fingerprint density at radius 1 is 0.929 bits per heavy atom. The lowest BCUT2D eigenvalue weighted by molar-refractivity contribution is 0.0746. The minimum absolute atomic E-state index is 0.0471. The molecule has 1 amide bonds. The van der Waals surface area contributed by atoms with E-state index in [1.54, 1.807) is 26.0 Å². The van der Waals surface area contributed by atoms with Crippen molar-refractivity contribution in [3.63, 3.8) is 0 Å². The number of benzene rings is 2. The number of piperazine rings is 1. The fourth-order valence-corrected chi connectivity index (χ4v) is 4.53. The van der Waals surface area contributed by atoms with Crippen LogP contribution in [0, 0.1) is 13.8 Å². The Hall–Kier alpha value is -2.34. The molecule has 6 heteroatoms. The molecule has 0 spiro atoms. The zero-order chi connectivity index (χ0) is 20.5. The molecule has 0 unspecified atom stereocenters. The van der Waals surface area contributed by atoms with E-state index in [4.69, 9.17) is 0 Å². The Labute approximate surface area is 167 Å². The van der Waals surface area contributed by atoms with Gasteiger partial charge in [0.15, 0.2) is 9.84 Å². The van der Waals surface area contributed by atoms with Crippen LogP contribution < -0.4 is 4.90 Å². The summed E-state index contributed by atoms with van der Waals surface area (Å²) in [5.74, 6) is -0.0471. The number of anilines is 1. The van der Waals surface area contributed by atoms with Gasteiger partial charge in [0.1, 0.15) is 0 Å². The second-order valence-corrected chi connectivity index (χ2v) is 10.1. The van der Waals surface area contributed by atoms with Crippen LogP contribution in [0.5, 0.6) is 0 Å². The molecule has 0 bridgehead atoms. The largest absolute Gasteiger partial charge is 0.368 e. The van der Waals surface area contributed by atoms with Gasteiger partial charge in [0.05, 0.1) is 10.1 Å². The Kier molecular flexibility index (Phi) is 5.79. The molecule has 1 aliphatic heterocycles. The van der Waals surface area contributed by atoms with Gasteiger partial charge in [-0.05, 0) is 69.2 Å². The van der Waals surface area contributed by atoms with Crippen molar-refractivity contribution in [1.29, 1.82) is 0 Å². The Bertz CT molecular complexity index is 958. The van der Waals surface area contributed by atoms with Crippen molar-refractivity contribution in [3.8, 4) is 0 Å². The average Bonchev–Trinajstić information content (AvgIpc) is 2.69. The number of aryl methyl sites for hydroxylation is 1. The molecule has 0 aliphatic carbocycles. The molecule has 3 rings (SSSR count). The lowest BCUT2D eigenvalue weighted by Gasteiger charge is -2.37. The fourth-order valence-electron chi connectivity index (χ4n) is 3.47. The lowest BCUT2D eigenvalue weighted by Crippen LogP contribution is -2.49. The molecular weight excluding hydrogens is 372 g/mol. The third-order valence-corrected chi connectivity index (χ3v) is 7.70. The first-order chi connectivity index (χ1) is 13.2. The van der Waals surface area contributed by atoms with Crippen LogP contribution in [0.15, 0.2) is 47.4 Å². The van der Waals surface area contributed by atoms with Crippen LogP contribution in [0.2, 0.25) is 0 Å². The highest BCUT2D eigenvalue weighted by molar-refractivity contribution is 7.92. The van der Waals surface area contributed by atoms with Crippen molar-refractivity contribution in [1.82, 2.24) is 4.90 Å². The van der Waals surface area contributed by atoms with E-state index in [-0.39, 0.29) is 10.8 Å². The predicted octanol–water partition coefficient (Wildman–Crippen LogP) is 3.45. The van der Waals surface area contributed by atoms with Gasteiger partial charge in [-0.15, -0.1) is 0 Å². The molecule has 0 radical (unpaired) electrons. The van der Waals surface area contributed by atoms with Crippen molar-refractivity contribution in [2.24, 2.45) is 0 Å². The van der Waals surface area contributed by atoms with E-state index in [0.29, 0.717) is 18.7 Å². The van der Waals surface area contributed by atoms with Crippen LogP contribution in [0.4, 0.5) is 5.69 Å². The number of amides is 1. The number of hydrogen-bond acceptors (Lipinski definition) is 4. The van der Waals surface area contributed by atoms with E-state index in [2.05, 4.69) is 36.9 Å². The number of nitrogens with zero attached hydrogens (tertiary/aromatic N) is 2. The maximum absolute atomic E-state index is 12.8. The van der Waals surface area contributed by atoms with Gasteiger partial charge in [-0.2, -0.15) is 0 Å². The maximum atomic E-state index is 12.8. The summed E-state index contributed by atoms with van der Waals surface area (Å²) in [5, 5.41) is -0.479. The van der Waals surface area contributed by atoms with E-state index in [1.807, 2.05) is 4.90 Å². The van der Waals surface area contributed by atoms with Crippen molar-refractivity contribution in [2.45, 2.75) is 37.8 Å². The second kappa shape index (κ2) is 7.95. The van der Waals surface area contributed by atoms with E-state index in [1.165, 1.54) is 28.9 Å². The highest BCUT2D eigenvalue weighted by atomic mass is 32.2. The SMILES string of the molecule is Cc1cccc(N2CCN(C(=O)c3ccc(S(=O)(=O)C(C)C)cc3)CC2)c1C. The quantitative estimate of drug-likeness (QED) is 0.789. The van der Waals surface area contributed by atoms with E-state index in [0.717, 1.165) is 13.1 Å². The van der Waals surface area contributed by atoms with Crippen LogP contribution in [0.3, 0.4) is 0 Å². The van der Waals surface area contributed by atoms with Gasteiger partial charge in [0, 0.05) is 37.4 Å². The molecule has 150 valence electrons. The van der Waals surface area contributed by atoms with Crippen LogP contribution in [0.25, 0.3) is 0 Å². The molecule has 28 heavy (non-hydrogen) atoms. The molecule has 1 heterocycles.